The summed E-state index contributed by atoms with van der Waals surface area (Å²) in [6.07, 6.45) is 4.32. The Morgan fingerprint density at radius 1 is 1.21 bits per heavy atom. The number of carbonyl (C=O) groups excluding carboxylic acids is 1. The van der Waals surface area contributed by atoms with Gasteiger partial charge in [0.1, 0.15) is 0 Å². The Morgan fingerprint density at radius 3 is 2.58 bits per heavy atom. The molecule has 0 radical (unpaired) electrons. The highest BCUT2D eigenvalue weighted by atomic mass is 32.2. The molecule has 1 saturated heterocycles. The number of hydrogen-bond acceptors (Lipinski definition) is 6. The zero-order valence-corrected chi connectivity index (χ0v) is 14.9. The maximum Gasteiger partial charge on any atom is 0.238 e. The second-order valence-electron chi connectivity index (χ2n) is 6.41. The van der Waals surface area contributed by atoms with Crippen LogP contribution in [0.5, 0.6) is 0 Å². The number of carbonyl (C=O) groups is 1. The molecule has 8 nitrogen and oxygen atoms in total. The molecule has 0 saturated carbocycles. The maximum absolute atomic E-state index is 12.2. The van der Waals surface area contributed by atoms with E-state index in [-0.39, 0.29) is 12.5 Å². The quantitative estimate of drug-likeness (QED) is 0.726. The van der Waals surface area contributed by atoms with Crippen molar-refractivity contribution in [3.05, 3.63) is 17.3 Å². The number of likely N-dealkylation sites (N-methyl/N-ethyl adjacent to an activating group) is 1. The van der Waals surface area contributed by atoms with Crippen molar-refractivity contribution >= 4 is 21.7 Å². The second-order valence-corrected chi connectivity index (χ2v) is 8.50. The molecule has 1 aliphatic heterocycles. The molecule has 0 atom stereocenters. The lowest BCUT2D eigenvalue weighted by molar-refractivity contribution is -0.131. The van der Waals surface area contributed by atoms with Gasteiger partial charge < -0.3 is 9.80 Å². The third-order valence-electron chi connectivity index (χ3n) is 4.69. The van der Waals surface area contributed by atoms with Gasteiger partial charge in [-0.15, -0.1) is 5.10 Å². The molecule has 0 aromatic carbocycles. The van der Waals surface area contributed by atoms with Crippen molar-refractivity contribution in [3.8, 4) is 0 Å². The number of fused-ring (bicyclic) bond motifs is 1. The molecule has 1 fully saturated rings. The molecule has 132 valence electrons. The van der Waals surface area contributed by atoms with Crippen LogP contribution in [0.4, 0.5) is 5.82 Å². The van der Waals surface area contributed by atoms with Crippen molar-refractivity contribution in [2.24, 2.45) is 0 Å². The van der Waals surface area contributed by atoms with Gasteiger partial charge in [-0.2, -0.15) is 9.40 Å². The smallest absolute Gasteiger partial charge is 0.238 e. The van der Waals surface area contributed by atoms with Gasteiger partial charge in [0.05, 0.1) is 18.5 Å². The lowest BCUT2D eigenvalue weighted by atomic mass is 10.2. The van der Waals surface area contributed by atoms with Crippen molar-refractivity contribution in [1.29, 1.82) is 0 Å². The summed E-state index contributed by atoms with van der Waals surface area (Å²) in [7, 11) is -1.92. The fourth-order valence-corrected chi connectivity index (χ4v) is 3.41. The van der Waals surface area contributed by atoms with Crippen LogP contribution in [0.2, 0.25) is 0 Å². The summed E-state index contributed by atoms with van der Waals surface area (Å²) >= 11 is 0. The average Bonchev–Trinajstić information content (AvgIpc) is 3.01. The van der Waals surface area contributed by atoms with Gasteiger partial charge in [0, 0.05) is 33.2 Å². The molecule has 0 N–H and O–H groups in total. The van der Waals surface area contributed by atoms with E-state index in [4.69, 9.17) is 0 Å². The van der Waals surface area contributed by atoms with E-state index in [1.54, 1.807) is 4.90 Å². The van der Waals surface area contributed by atoms with E-state index in [0.29, 0.717) is 26.2 Å². The summed E-state index contributed by atoms with van der Waals surface area (Å²) in [4.78, 5) is 16.1. The first-order valence-electron chi connectivity index (χ1n) is 8.14. The topological polar surface area (TPSA) is 86.7 Å². The van der Waals surface area contributed by atoms with E-state index >= 15 is 0 Å². The molecule has 0 bridgehead atoms. The molecule has 2 heterocycles. The highest BCUT2D eigenvalue weighted by Crippen LogP contribution is 2.23. The minimum Gasteiger partial charge on any atom is -0.352 e. The number of sulfonamides is 1. The van der Waals surface area contributed by atoms with Gasteiger partial charge in [-0.25, -0.2) is 8.42 Å². The molecule has 1 aromatic rings. The van der Waals surface area contributed by atoms with Crippen LogP contribution in [-0.4, -0.2) is 79.8 Å². The SMILES string of the molecule is CN(CC(=O)N1CCN(c2cc3c(nn2)CCC3)CC1)S(C)(=O)=O. The summed E-state index contributed by atoms with van der Waals surface area (Å²) in [6.45, 7) is 2.38. The number of piperazine rings is 1. The number of nitrogens with zero attached hydrogens (tertiary/aromatic N) is 5. The molecule has 1 amide bonds. The lowest BCUT2D eigenvalue weighted by Gasteiger charge is -2.35. The molecule has 1 aliphatic carbocycles. The highest BCUT2D eigenvalue weighted by molar-refractivity contribution is 7.88. The number of aromatic nitrogens is 2. The van der Waals surface area contributed by atoms with Gasteiger partial charge in [-0.3, -0.25) is 4.79 Å². The van der Waals surface area contributed by atoms with Crippen molar-refractivity contribution in [1.82, 2.24) is 19.4 Å². The monoisotopic (exact) mass is 353 g/mol. The van der Waals surface area contributed by atoms with Crippen molar-refractivity contribution < 1.29 is 13.2 Å². The first-order valence-corrected chi connectivity index (χ1v) is 9.99. The largest absolute Gasteiger partial charge is 0.352 e. The number of anilines is 1. The van der Waals surface area contributed by atoms with E-state index in [1.165, 1.54) is 12.6 Å². The van der Waals surface area contributed by atoms with Crippen LogP contribution in [0.15, 0.2) is 6.07 Å². The Labute approximate surface area is 142 Å². The Morgan fingerprint density at radius 2 is 1.92 bits per heavy atom. The van der Waals surface area contributed by atoms with Crippen LogP contribution in [0.3, 0.4) is 0 Å². The Bertz CT molecular complexity index is 729. The van der Waals surface area contributed by atoms with Crippen molar-refractivity contribution in [2.45, 2.75) is 19.3 Å². The fraction of sp³-hybridized carbons (Fsp3) is 0.667. The van der Waals surface area contributed by atoms with Gasteiger partial charge in [0.25, 0.3) is 0 Å². The highest BCUT2D eigenvalue weighted by Gasteiger charge is 2.25. The zero-order chi connectivity index (χ0) is 17.3. The van der Waals surface area contributed by atoms with Crippen LogP contribution in [0.25, 0.3) is 0 Å². The van der Waals surface area contributed by atoms with Gasteiger partial charge in [0.15, 0.2) is 5.82 Å². The Hall–Kier alpha value is -1.74. The Balaban J connectivity index is 1.57. The zero-order valence-electron chi connectivity index (χ0n) is 14.1. The summed E-state index contributed by atoms with van der Waals surface area (Å²) in [5.74, 6) is 0.707. The normalized spacial score (nSPS) is 18.1. The van der Waals surface area contributed by atoms with Crippen molar-refractivity contribution in [3.63, 3.8) is 0 Å². The molecule has 24 heavy (non-hydrogen) atoms. The summed E-state index contributed by atoms with van der Waals surface area (Å²) < 4.78 is 23.9. The molecular formula is C15H23N5O3S. The molecular weight excluding hydrogens is 330 g/mol. The first-order chi connectivity index (χ1) is 11.3. The minimum atomic E-state index is -3.34. The minimum absolute atomic E-state index is 0.114. The lowest BCUT2D eigenvalue weighted by Crippen LogP contribution is -2.51. The van der Waals surface area contributed by atoms with Crippen molar-refractivity contribution in [2.75, 3.05) is 50.9 Å². The van der Waals surface area contributed by atoms with E-state index in [0.717, 1.165) is 41.3 Å². The third-order valence-corrected chi connectivity index (χ3v) is 5.95. The van der Waals surface area contributed by atoms with E-state index in [1.807, 2.05) is 0 Å². The predicted molar refractivity (Wildman–Crippen MR) is 90.3 cm³/mol. The van der Waals surface area contributed by atoms with E-state index in [2.05, 4.69) is 21.2 Å². The van der Waals surface area contributed by atoms with Crippen LogP contribution >= 0.6 is 0 Å². The maximum atomic E-state index is 12.2. The van der Waals surface area contributed by atoms with Crippen LogP contribution in [-0.2, 0) is 27.7 Å². The van der Waals surface area contributed by atoms with Gasteiger partial charge in [-0.05, 0) is 30.9 Å². The number of rotatable bonds is 4. The summed E-state index contributed by atoms with van der Waals surface area (Å²) in [6, 6.07) is 2.12. The van der Waals surface area contributed by atoms with E-state index < -0.39 is 10.0 Å². The van der Waals surface area contributed by atoms with E-state index in [9.17, 15) is 13.2 Å². The number of aryl methyl sites for hydroxylation is 2. The third kappa shape index (κ3) is 3.67. The number of amides is 1. The van der Waals surface area contributed by atoms with Gasteiger partial charge >= 0.3 is 0 Å². The standard InChI is InChI=1S/C15H23N5O3S/c1-18(24(2,22)23)11-15(21)20-8-6-19(7-9-20)14-10-12-4-3-5-13(12)16-17-14/h10H,3-9,11H2,1-2H3. The van der Waals surface area contributed by atoms with Crippen LogP contribution < -0.4 is 4.90 Å². The van der Waals surface area contributed by atoms with Crippen LogP contribution in [0.1, 0.15) is 17.7 Å². The first kappa shape index (κ1) is 17.1. The average molecular weight is 353 g/mol. The van der Waals surface area contributed by atoms with Gasteiger partial charge in [0.2, 0.25) is 15.9 Å². The second kappa shape index (κ2) is 6.64. The molecule has 2 aliphatic rings. The summed E-state index contributed by atoms with van der Waals surface area (Å²) in [5.41, 5.74) is 2.39. The molecule has 0 spiro atoms. The number of hydrogen-bond donors (Lipinski definition) is 0. The molecule has 3 rings (SSSR count). The Kier molecular flexibility index (Phi) is 4.73. The predicted octanol–water partition coefficient (Wildman–Crippen LogP) is -0.495. The molecule has 0 unspecified atom stereocenters. The van der Waals surface area contributed by atoms with Crippen LogP contribution in [0, 0.1) is 0 Å². The fourth-order valence-electron chi connectivity index (χ4n) is 3.06. The molecule has 1 aromatic heterocycles. The summed E-state index contributed by atoms with van der Waals surface area (Å²) in [5, 5.41) is 8.62. The molecule has 9 heteroatoms. The van der Waals surface area contributed by atoms with Gasteiger partial charge in [-0.1, -0.05) is 0 Å².